The van der Waals surface area contributed by atoms with Gasteiger partial charge in [-0.1, -0.05) is 6.07 Å². The molecule has 2 N–H and O–H groups in total. The Balaban J connectivity index is 1.66. The summed E-state index contributed by atoms with van der Waals surface area (Å²) < 4.78 is 1.72. The minimum atomic E-state index is -0.135. The second-order valence-corrected chi connectivity index (χ2v) is 5.83. The molecule has 0 fully saturated rings. The van der Waals surface area contributed by atoms with E-state index in [4.69, 9.17) is 0 Å². The van der Waals surface area contributed by atoms with Crippen LogP contribution in [0.5, 0.6) is 0 Å². The van der Waals surface area contributed by atoms with Crippen molar-refractivity contribution in [1.82, 2.24) is 29.9 Å². The first kappa shape index (κ1) is 14.5. The first-order valence-corrected chi connectivity index (χ1v) is 8.08. The second kappa shape index (κ2) is 5.62. The van der Waals surface area contributed by atoms with Crippen LogP contribution in [0.15, 0.2) is 55.1 Å². The number of pyridine rings is 2. The quantitative estimate of drug-likeness (QED) is 0.592. The molecule has 0 aliphatic carbocycles. The Morgan fingerprint density at radius 1 is 1.04 bits per heavy atom. The lowest BCUT2D eigenvalue weighted by molar-refractivity contribution is 0.0966. The lowest BCUT2D eigenvalue weighted by Crippen LogP contribution is -2.13. The van der Waals surface area contributed by atoms with E-state index in [0.29, 0.717) is 29.3 Å². The third kappa shape index (κ3) is 2.20. The molecule has 5 rings (SSSR count). The van der Waals surface area contributed by atoms with Gasteiger partial charge in [0.1, 0.15) is 11.5 Å². The number of anilines is 2. The van der Waals surface area contributed by atoms with Gasteiger partial charge < -0.3 is 10.6 Å². The summed E-state index contributed by atoms with van der Waals surface area (Å²) >= 11 is 0. The molecule has 5 heterocycles. The highest BCUT2D eigenvalue weighted by atomic mass is 16.1. The first-order valence-electron chi connectivity index (χ1n) is 8.08. The van der Waals surface area contributed by atoms with Crippen molar-refractivity contribution in [3.05, 3.63) is 66.2 Å². The van der Waals surface area contributed by atoms with Crippen molar-refractivity contribution < 1.29 is 4.79 Å². The van der Waals surface area contributed by atoms with E-state index in [-0.39, 0.29) is 5.91 Å². The number of fused-ring (bicyclic) bond motifs is 2. The van der Waals surface area contributed by atoms with Gasteiger partial charge in [0, 0.05) is 24.5 Å². The maximum atomic E-state index is 12.4. The van der Waals surface area contributed by atoms with Gasteiger partial charge in [-0.2, -0.15) is 5.10 Å². The SMILES string of the molecule is O=C1NCc2c(-c3cnc4cccnn34)ncc(Nc3ccccn3)c21. The molecule has 0 unspecified atom stereocenters. The van der Waals surface area contributed by atoms with Gasteiger partial charge >= 0.3 is 0 Å². The lowest BCUT2D eigenvalue weighted by atomic mass is 10.1. The van der Waals surface area contributed by atoms with E-state index in [1.807, 2.05) is 30.3 Å². The molecule has 0 saturated heterocycles. The van der Waals surface area contributed by atoms with E-state index < -0.39 is 0 Å². The number of rotatable bonds is 3. The number of carbonyl (C=O) groups is 1. The zero-order valence-electron chi connectivity index (χ0n) is 13.5. The molecule has 0 atom stereocenters. The van der Waals surface area contributed by atoms with E-state index in [1.54, 1.807) is 29.3 Å². The summed E-state index contributed by atoms with van der Waals surface area (Å²) in [6, 6.07) is 9.25. The van der Waals surface area contributed by atoms with Crippen LogP contribution in [0.3, 0.4) is 0 Å². The topological polar surface area (TPSA) is 97.1 Å². The smallest absolute Gasteiger partial charge is 0.254 e. The highest BCUT2D eigenvalue weighted by Crippen LogP contribution is 2.33. The predicted molar refractivity (Wildman–Crippen MR) is 94.9 cm³/mol. The number of nitrogens with zero attached hydrogens (tertiary/aromatic N) is 5. The summed E-state index contributed by atoms with van der Waals surface area (Å²) in [6.07, 6.45) is 6.75. The molecule has 1 aliphatic heterocycles. The number of amides is 1. The van der Waals surface area contributed by atoms with Crippen molar-refractivity contribution >= 4 is 23.1 Å². The highest BCUT2D eigenvalue weighted by molar-refractivity contribution is 6.05. The van der Waals surface area contributed by atoms with Gasteiger partial charge in [0.05, 0.1) is 29.3 Å². The molecule has 0 aromatic carbocycles. The maximum absolute atomic E-state index is 12.4. The van der Waals surface area contributed by atoms with Crippen molar-refractivity contribution in [3.8, 4) is 11.4 Å². The Kier molecular flexibility index (Phi) is 3.14. The van der Waals surface area contributed by atoms with E-state index >= 15 is 0 Å². The van der Waals surface area contributed by atoms with Gasteiger partial charge in [0.15, 0.2) is 5.65 Å². The van der Waals surface area contributed by atoms with Crippen molar-refractivity contribution in [2.45, 2.75) is 6.54 Å². The molecule has 4 aromatic heterocycles. The Morgan fingerprint density at radius 3 is 2.88 bits per heavy atom. The van der Waals surface area contributed by atoms with E-state index in [9.17, 15) is 4.79 Å². The summed E-state index contributed by atoms with van der Waals surface area (Å²) in [5.74, 6) is 0.518. The van der Waals surface area contributed by atoms with Gasteiger partial charge in [-0.25, -0.2) is 14.5 Å². The molecule has 0 saturated carbocycles. The van der Waals surface area contributed by atoms with Crippen LogP contribution in [0.25, 0.3) is 17.0 Å². The van der Waals surface area contributed by atoms with Crippen LogP contribution >= 0.6 is 0 Å². The molecule has 0 bridgehead atoms. The van der Waals surface area contributed by atoms with Crippen LogP contribution in [0.2, 0.25) is 0 Å². The summed E-state index contributed by atoms with van der Waals surface area (Å²) in [5.41, 5.74) is 4.19. The second-order valence-electron chi connectivity index (χ2n) is 5.83. The number of aromatic nitrogens is 5. The number of nitrogens with one attached hydrogen (secondary N) is 2. The molecule has 126 valence electrons. The van der Waals surface area contributed by atoms with Crippen molar-refractivity contribution in [1.29, 1.82) is 0 Å². The Labute approximate surface area is 147 Å². The summed E-state index contributed by atoms with van der Waals surface area (Å²) in [4.78, 5) is 25.6. The van der Waals surface area contributed by atoms with Crippen LogP contribution in [0.4, 0.5) is 11.5 Å². The number of carbonyl (C=O) groups excluding carboxylic acids is 1. The predicted octanol–water partition coefficient (Wildman–Crippen LogP) is 2.17. The van der Waals surface area contributed by atoms with Crippen molar-refractivity contribution in [3.63, 3.8) is 0 Å². The Bertz CT molecular complexity index is 1140. The molecular formula is C18H13N7O. The fourth-order valence-electron chi connectivity index (χ4n) is 3.12. The van der Waals surface area contributed by atoms with Crippen LogP contribution in [-0.4, -0.2) is 30.5 Å². The van der Waals surface area contributed by atoms with Crippen LogP contribution in [0, 0.1) is 0 Å². The van der Waals surface area contributed by atoms with Crippen LogP contribution in [0.1, 0.15) is 15.9 Å². The molecule has 26 heavy (non-hydrogen) atoms. The molecular weight excluding hydrogens is 330 g/mol. The zero-order chi connectivity index (χ0) is 17.5. The third-order valence-corrected chi connectivity index (χ3v) is 4.28. The molecule has 1 aliphatic rings. The van der Waals surface area contributed by atoms with Crippen LogP contribution < -0.4 is 10.6 Å². The van der Waals surface area contributed by atoms with Crippen molar-refractivity contribution in [2.75, 3.05) is 5.32 Å². The fraction of sp³-hybridized carbons (Fsp3) is 0.0556. The molecule has 8 nitrogen and oxygen atoms in total. The molecule has 0 radical (unpaired) electrons. The Morgan fingerprint density at radius 2 is 2.00 bits per heavy atom. The Hall–Kier alpha value is -3.81. The monoisotopic (exact) mass is 343 g/mol. The summed E-state index contributed by atoms with van der Waals surface area (Å²) in [7, 11) is 0. The van der Waals surface area contributed by atoms with E-state index in [0.717, 1.165) is 16.9 Å². The van der Waals surface area contributed by atoms with Gasteiger partial charge in [0.25, 0.3) is 5.91 Å². The van der Waals surface area contributed by atoms with Crippen molar-refractivity contribution in [2.24, 2.45) is 0 Å². The maximum Gasteiger partial charge on any atom is 0.254 e. The lowest BCUT2D eigenvalue weighted by Gasteiger charge is -2.11. The van der Waals surface area contributed by atoms with Gasteiger partial charge in [0.2, 0.25) is 0 Å². The van der Waals surface area contributed by atoms with E-state index in [1.165, 1.54) is 0 Å². The largest absolute Gasteiger partial charge is 0.348 e. The molecule has 0 spiro atoms. The minimum absolute atomic E-state index is 0.135. The first-order chi connectivity index (χ1) is 12.8. The summed E-state index contributed by atoms with van der Waals surface area (Å²) in [6.45, 7) is 0.411. The van der Waals surface area contributed by atoms with E-state index in [2.05, 4.69) is 30.7 Å². The van der Waals surface area contributed by atoms with Gasteiger partial charge in [-0.05, 0) is 24.3 Å². The third-order valence-electron chi connectivity index (χ3n) is 4.28. The average molecular weight is 343 g/mol. The van der Waals surface area contributed by atoms with Gasteiger partial charge in [-0.3, -0.25) is 9.78 Å². The van der Waals surface area contributed by atoms with Crippen LogP contribution in [-0.2, 0) is 6.54 Å². The zero-order valence-corrected chi connectivity index (χ0v) is 13.5. The number of hydrogen-bond donors (Lipinski definition) is 2. The standard InChI is InChI=1S/C18H13N7O/c26-18-16-11(8-22-18)17(13-10-20-15-5-3-7-23-25(13)15)21-9-12(16)24-14-4-1-2-6-19-14/h1-7,9-10H,8H2,(H,19,24)(H,22,26). The van der Waals surface area contributed by atoms with Gasteiger partial charge in [-0.15, -0.1) is 0 Å². The summed E-state index contributed by atoms with van der Waals surface area (Å²) in [5, 5.41) is 10.4. The normalized spacial score (nSPS) is 12.8. The number of hydrogen-bond acceptors (Lipinski definition) is 6. The molecule has 4 aromatic rings. The average Bonchev–Trinajstić information content (AvgIpc) is 3.28. The number of imidazole rings is 1. The molecule has 1 amide bonds. The fourth-order valence-corrected chi connectivity index (χ4v) is 3.12. The highest BCUT2D eigenvalue weighted by Gasteiger charge is 2.28. The minimum Gasteiger partial charge on any atom is -0.348 e. The molecule has 8 heteroatoms.